The molecule has 2 rings (SSSR count). The molecule has 0 bridgehead atoms. The van der Waals surface area contributed by atoms with Gasteiger partial charge in [-0.15, -0.1) is 25.3 Å². The molecule has 0 aromatic heterocycles. The molecule has 0 atom stereocenters. The first-order chi connectivity index (χ1) is 6.58. The number of hydrogen-bond acceptors (Lipinski definition) is 3. The minimum atomic E-state index is 0.776. The van der Waals surface area contributed by atoms with Crippen molar-refractivity contribution in [2.24, 2.45) is 0 Å². The largest absolute Gasteiger partial charge is 0.398 e. The van der Waals surface area contributed by atoms with E-state index in [1.807, 2.05) is 31.2 Å². The third-order valence-corrected chi connectivity index (χ3v) is 2.76. The van der Waals surface area contributed by atoms with Gasteiger partial charge in [-0.25, -0.2) is 0 Å². The van der Waals surface area contributed by atoms with E-state index in [4.69, 9.17) is 5.73 Å². The van der Waals surface area contributed by atoms with Crippen molar-refractivity contribution in [1.82, 2.24) is 0 Å². The van der Waals surface area contributed by atoms with Crippen molar-refractivity contribution in [2.45, 2.75) is 16.7 Å². The molecule has 0 saturated heterocycles. The zero-order valence-electron chi connectivity index (χ0n) is 7.78. The van der Waals surface area contributed by atoms with E-state index in [0.29, 0.717) is 0 Å². The first-order valence-corrected chi connectivity index (χ1v) is 5.19. The number of thiol groups is 2. The second-order valence-corrected chi connectivity index (χ2v) is 4.43. The molecule has 2 aromatic rings. The van der Waals surface area contributed by atoms with Crippen LogP contribution in [0.1, 0.15) is 5.56 Å². The van der Waals surface area contributed by atoms with Crippen LogP contribution in [0, 0.1) is 6.92 Å². The zero-order chi connectivity index (χ0) is 10.3. The van der Waals surface area contributed by atoms with E-state index in [9.17, 15) is 0 Å². The van der Waals surface area contributed by atoms with Gasteiger partial charge in [0.1, 0.15) is 0 Å². The number of fused-ring (bicyclic) bond motifs is 1. The van der Waals surface area contributed by atoms with E-state index in [1.165, 1.54) is 0 Å². The molecule has 0 heterocycles. The SMILES string of the molecule is Cc1cc(S)cc2cc(S)cc(N)c12. The highest BCUT2D eigenvalue weighted by molar-refractivity contribution is 7.80. The monoisotopic (exact) mass is 221 g/mol. The highest BCUT2D eigenvalue weighted by Gasteiger charge is 2.03. The standard InChI is InChI=1S/C11H11NS2/c1-6-2-8(13)3-7-4-9(14)5-10(12)11(6)7/h2-5,13-14H,12H2,1H3. The molecular formula is C11H11NS2. The number of anilines is 1. The van der Waals surface area contributed by atoms with Crippen LogP contribution < -0.4 is 5.73 Å². The summed E-state index contributed by atoms with van der Waals surface area (Å²) in [6.07, 6.45) is 0. The Bertz CT molecular complexity index is 463. The van der Waals surface area contributed by atoms with Gasteiger partial charge in [0.25, 0.3) is 0 Å². The van der Waals surface area contributed by atoms with Crippen molar-refractivity contribution >= 4 is 41.7 Å². The van der Waals surface area contributed by atoms with Crippen LogP contribution in [0.4, 0.5) is 5.69 Å². The quantitative estimate of drug-likeness (QED) is 0.462. The van der Waals surface area contributed by atoms with E-state index < -0.39 is 0 Å². The molecule has 0 aliphatic rings. The van der Waals surface area contributed by atoms with Crippen LogP contribution in [0.3, 0.4) is 0 Å². The first kappa shape index (κ1) is 9.74. The average molecular weight is 221 g/mol. The van der Waals surface area contributed by atoms with Gasteiger partial charge in [-0.1, -0.05) is 0 Å². The summed E-state index contributed by atoms with van der Waals surface area (Å²) >= 11 is 8.63. The fourth-order valence-electron chi connectivity index (χ4n) is 1.74. The number of benzene rings is 2. The summed E-state index contributed by atoms with van der Waals surface area (Å²) in [5.74, 6) is 0. The molecule has 0 radical (unpaired) electrons. The zero-order valence-corrected chi connectivity index (χ0v) is 9.57. The van der Waals surface area contributed by atoms with Gasteiger partial charge in [0.2, 0.25) is 0 Å². The fraction of sp³-hybridized carbons (Fsp3) is 0.0909. The van der Waals surface area contributed by atoms with Gasteiger partial charge in [-0.3, -0.25) is 0 Å². The summed E-state index contributed by atoms with van der Waals surface area (Å²) in [6.45, 7) is 2.04. The molecule has 0 amide bonds. The lowest BCUT2D eigenvalue weighted by Gasteiger charge is -2.07. The van der Waals surface area contributed by atoms with Crippen LogP contribution >= 0.6 is 25.3 Å². The predicted octanol–water partition coefficient (Wildman–Crippen LogP) is 3.31. The molecule has 0 aliphatic heterocycles. The van der Waals surface area contributed by atoms with Crippen LogP contribution in [0.5, 0.6) is 0 Å². The maximum Gasteiger partial charge on any atom is 0.0407 e. The van der Waals surface area contributed by atoms with Crippen LogP contribution in [0.15, 0.2) is 34.1 Å². The lowest BCUT2D eigenvalue weighted by atomic mass is 10.0. The van der Waals surface area contributed by atoms with Crippen LogP contribution in [-0.4, -0.2) is 0 Å². The Morgan fingerprint density at radius 1 is 1.00 bits per heavy atom. The third kappa shape index (κ3) is 1.57. The van der Waals surface area contributed by atoms with Crippen LogP contribution in [-0.2, 0) is 0 Å². The van der Waals surface area contributed by atoms with E-state index in [2.05, 4.69) is 25.3 Å². The van der Waals surface area contributed by atoms with Crippen molar-refractivity contribution in [3.05, 3.63) is 29.8 Å². The lowest BCUT2D eigenvalue weighted by Crippen LogP contribution is -1.90. The molecule has 1 nitrogen and oxygen atoms in total. The Kier molecular flexibility index (Phi) is 2.37. The number of nitrogen functional groups attached to an aromatic ring is 1. The van der Waals surface area contributed by atoms with E-state index >= 15 is 0 Å². The molecule has 0 saturated carbocycles. The van der Waals surface area contributed by atoms with Crippen LogP contribution in [0.2, 0.25) is 0 Å². The number of rotatable bonds is 0. The molecule has 3 heteroatoms. The Labute approximate surface area is 94.1 Å². The third-order valence-electron chi connectivity index (χ3n) is 2.25. The molecule has 0 aliphatic carbocycles. The minimum absolute atomic E-state index is 0.776. The summed E-state index contributed by atoms with van der Waals surface area (Å²) in [7, 11) is 0. The van der Waals surface area contributed by atoms with Crippen molar-refractivity contribution in [2.75, 3.05) is 5.73 Å². The van der Waals surface area contributed by atoms with E-state index in [0.717, 1.165) is 31.8 Å². The Morgan fingerprint density at radius 2 is 1.57 bits per heavy atom. The Balaban J connectivity index is 2.94. The molecule has 2 N–H and O–H groups in total. The first-order valence-electron chi connectivity index (χ1n) is 4.30. The van der Waals surface area contributed by atoms with Gasteiger partial charge in [0.15, 0.2) is 0 Å². The highest BCUT2D eigenvalue weighted by Crippen LogP contribution is 2.29. The molecule has 2 aromatic carbocycles. The smallest absolute Gasteiger partial charge is 0.0407 e. The molecule has 0 unspecified atom stereocenters. The average Bonchev–Trinajstić information content (AvgIpc) is 1.99. The summed E-state index contributed by atoms with van der Waals surface area (Å²) in [5, 5.41) is 2.20. The maximum atomic E-state index is 5.93. The topological polar surface area (TPSA) is 26.0 Å². The molecular weight excluding hydrogens is 210 g/mol. The normalized spacial score (nSPS) is 10.8. The fourth-order valence-corrected chi connectivity index (χ4v) is 2.35. The predicted molar refractivity (Wildman–Crippen MR) is 67.6 cm³/mol. The van der Waals surface area contributed by atoms with Gasteiger partial charge in [-0.05, 0) is 42.1 Å². The second-order valence-electron chi connectivity index (χ2n) is 3.40. The summed E-state index contributed by atoms with van der Waals surface area (Å²) in [5.41, 5.74) is 7.86. The maximum absolute atomic E-state index is 5.93. The summed E-state index contributed by atoms with van der Waals surface area (Å²) in [4.78, 5) is 1.83. The molecule has 0 fully saturated rings. The van der Waals surface area contributed by atoms with Gasteiger partial charge in [0, 0.05) is 20.9 Å². The van der Waals surface area contributed by atoms with Crippen LogP contribution in [0.25, 0.3) is 10.8 Å². The second kappa shape index (κ2) is 3.41. The lowest BCUT2D eigenvalue weighted by molar-refractivity contribution is 1.40. The summed E-state index contributed by atoms with van der Waals surface area (Å²) < 4.78 is 0. The number of hydrogen-bond donors (Lipinski definition) is 3. The van der Waals surface area contributed by atoms with Gasteiger partial charge < -0.3 is 5.73 Å². The van der Waals surface area contributed by atoms with Gasteiger partial charge >= 0.3 is 0 Å². The van der Waals surface area contributed by atoms with Crippen molar-refractivity contribution in [3.8, 4) is 0 Å². The Hall–Kier alpha value is -0.800. The van der Waals surface area contributed by atoms with Gasteiger partial charge in [-0.2, -0.15) is 0 Å². The Morgan fingerprint density at radius 3 is 2.21 bits per heavy atom. The van der Waals surface area contributed by atoms with Crippen molar-refractivity contribution in [1.29, 1.82) is 0 Å². The number of nitrogens with two attached hydrogens (primary N) is 1. The summed E-state index contributed by atoms with van der Waals surface area (Å²) in [6, 6.07) is 7.89. The minimum Gasteiger partial charge on any atom is -0.398 e. The van der Waals surface area contributed by atoms with Crippen molar-refractivity contribution < 1.29 is 0 Å². The molecule has 14 heavy (non-hydrogen) atoms. The number of aryl methyl sites for hydroxylation is 1. The highest BCUT2D eigenvalue weighted by atomic mass is 32.1. The molecule has 0 spiro atoms. The van der Waals surface area contributed by atoms with Crippen molar-refractivity contribution in [3.63, 3.8) is 0 Å². The van der Waals surface area contributed by atoms with E-state index in [1.54, 1.807) is 0 Å². The molecule has 72 valence electrons. The van der Waals surface area contributed by atoms with Gasteiger partial charge in [0.05, 0.1) is 0 Å². The van der Waals surface area contributed by atoms with E-state index in [-0.39, 0.29) is 0 Å².